The first kappa shape index (κ1) is 25.0. The van der Waals surface area contributed by atoms with Crippen molar-refractivity contribution in [3.63, 3.8) is 0 Å². The number of nitrogens with zero attached hydrogens (tertiary/aromatic N) is 2. The molecule has 3 rings (SSSR count). The zero-order valence-corrected chi connectivity index (χ0v) is 20.8. The van der Waals surface area contributed by atoms with Crippen molar-refractivity contribution in [1.82, 2.24) is 15.6 Å². The Labute approximate surface area is 202 Å². The van der Waals surface area contributed by atoms with Gasteiger partial charge in [-0.3, -0.25) is 0 Å². The zero-order valence-electron chi connectivity index (χ0n) is 18.5. The molecule has 7 nitrogen and oxygen atoms in total. The van der Waals surface area contributed by atoms with Crippen molar-refractivity contribution in [2.24, 2.45) is 4.99 Å². The normalized spacial score (nSPS) is 14.0. The number of ether oxygens (including phenoxy) is 3. The Morgan fingerprint density at radius 3 is 2.55 bits per heavy atom. The van der Waals surface area contributed by atoms with Gasteiger partial charge in [0, 0.05) is 30.9 Å². The second-order valence-electron chi connectivity index (χ2n) is 7.23. The molecule has 0 radical (unpaired) electrons. The van der Waals surface area contributed by atoms with Gasteiger partial charge in [0.05, 0.1) is 26.9 Å². The van der Waals surface area contributed by atoms with Gasteiger partial charge in [0.2, 0.25) is 5.88 Å². The smallest absolute Gasteiger partial charge is 0.212 e. The van der Waals surface area contributed by atoms with Crippen LogP contribution in [0.2, 0.25) is 0 Å². The van der Waals surface area contributed by atoms with E-state index in [1.165, 1.54) is 12.8 Å². The van der Waals surface area contributed by atoms with Crippen molar-refractivity contribution in [2.75, 3.05) is 20.8 Å². The summed E-state index contributed by atoms with van der Waals surface area (Å²) < 4.78 is 17.0. The molecule has 1 aromatic heterocycles. The quantitative estimate of drug-likeness (QED) is 0.281. The third-order valence-electron chi connectivity index (χ3n) is 5.08. The van der Waals surface area contributed by atoms with Gasteiger partial charge >= 0.3 is 0 Å². The van der Waals surface area contributed by atoms with Gasteiger partial charge < -0.3 is 24.8 Å². The summed E-state index contributed by atoms with van der Waals surface area (Å²) >= 11 is 0. The molecule has 2 aromatic rings. The van der Waals surface area contributed by atoms with Crippen LogP contribution in [0.15, 0.2) is 41.5 Å². The molecule has 1 saturated carbocycles. The van der Waals surface area contributed by atoms with Gasteiger partial charge in [0.25, 0.3) is 0 Å². The van der Waals surface area contributed by atoms with E-state index in [0.717, 1.165) is 48.0 Å². The molecule has 1 aliphatic rings. The van der Waals surface area contributed by atoms with E-state index in [4.69, 9.17) is 14.2 Å². The van der Waals surface area contributed by atoms with Crippen molar-refractivity contribution in [3.8, 4) is 17.4 Å². The summed E-state index contributed by atoms with van der Waals surface area (Å²) in [6.07, 6.45) is 6.71. The van der Waals surface area contributed by atoms with Gasteiger partial charge in [-0.05, 0) is 44.2 Å². The number of aromatic nitrogens is 1. The van der Waals surface area contributed by atoms with Crippen LogP contribution < -0.4 is 24.8 Å². The van der Waals surface area contributed by atoms with Gasteiger partial charge in [-0.25, -0.2) is 9.98 Å². The van der Waals surface area contributed by atoms with Gasteiger partial charge in [0.15, 0.2) is 17.5 Å². The van der Waals surface area contributed by atoms with E-state index >= 15 is 0 Å². The first-order valence-corrected chi connectivity index (χ1v) is 10.6. The summed E-state index contributed by atoms with van der Waals surface area (Å²) in [6, 6.07) is 9.81. The van der Waals surface area contributed by atoms with Crippen LogP contribution in [0.3, 0.4) is 0 Å². The molecule has 1 heterocycles. The minimum absolute atomic E-state index is 0. The fraction of sp³-hybridized carbons (Fsp3) is 0.478. The van der Waals surface area contributed by atoms with Gasteiger partial charge in [0.1, 0.15) is 0 Å². The van der Waals surface area contributed by atoms with Crippen molar-refractivity contribution in [2.45, 2.75) is 51.8 Å². The molecule has 2 N–H and O–H groups in total. The Morgan fingerprint density at radius 1 is 1.10 bits per heavy atom. The standard InChI is InChI=1S/C23H32N4O3.HI/c1-4-24-23(26-15-17-12-13-21(29-3)25-14-17)27-16-18-8-7-11-20(28-2)22(18)30-19-9-5-6-10-19;/h7-8,11-14,19H,4-6,9-10,15-16H2,1-3H3,(H2,24,26,27);1H. The molecular weight excluding hydrogens is 507 g/mol. The van der Waals surface area contributed by atoms with E-state index in [1.54, 1.807) is 20.4 Å². The second kappa shape index (κ2) is 13.2. The highest BCUT2D eigenvalue weighted by molar-refractivity contribution is 14.0. The summed E-state index contributed by atoms with van der Waals surface area (Å²) in [5.41, 5.74) is 2.07. The van der Waals surface area contributed by atoms with E-state index in [0.29, 0.717) is 19.0 Å². The number of hydrogen-bond donors (Lipinski definition) is 2. The monoisotopic (exact) mass is 540 g/mol. The van der Waals surface area contributed by atoms with E-state index in [9.17, 15) is 0 Å². The van der Waals surface area contributed by atoms with Crippen molar-refractivity contribution >= 4 is 29.9 Å². The summed E-state index contributed by atoms with van der Waals surface area (Å²) in [5.74, 6) is 2.94. The lowest BCUT2D eigenvalue weighted by atomic mass is 10.1. The molecule has 0 unspecified atom stereocenters. The molecule has 31 heavy (non-hydrogen) atoms. The van der Waals surface area contributed by atoms with Crippen LogP contribution in [0.5, 0.6) is 17.4 Å². The summed E-state index contributed by atoms with van der Waals surface area (Å²) in [5, 5.41) is 6.69. The average molecular weight is 540 g/mol. The minimum atomic E-state index is 0. The molecule has 1 fully saturated rings. The second-order valence-corrected chi connectivity index (χ2v) is 7.23. The first-order chi connectivity index (χ1) is 14.7. The zero-order chi connectivity index (χ0) is 21.2. The molecule has 1 aliphatic carbocycles. The predicted molar refractivity (Wildman–Crippen MR) is 134 cm³/mol. The molecule has 0 amide bonds. The third-order valence-corrected chi connectivity index (χ3v) is 5.08. The molecular formula is C23H33IN4O3. The average Bonchev–Trinajstić information content (AvgIpc) is 3.30. The highest BCUT2D eigenvalue weighted by Crippen LogP contribution is 2.34. The molecule has 0 bridgehead atoms. The van der Waals surface area contributed by atoms with Crippen molar-refractivity contribution in [3.05, 3.63) is 47.7 Å². The van der Waals surface area contributed by atoms with Crippen LogP contribution in [0.1, 0.15) is 43.7 Å². The van der Waals surface area contributed by atoms with Crippen molar-refractivity contribution in [1.29, 1.82) is 0 Å². The van der Waals surface area contributed by atoms with Crippen LogP contribution in [-0.2, 0) is 13.1 Å². The van der Waals surface area contributed by atoms with Crippen LogP contribution in [0, 0.1) is 0 Å². The number of benzene rings is 1. The summed E-state index contributed by atoms with van der Waals surface area (Å²) in [7, 11) is 3.29. The lowest BCUT2D eigenvalue weighted by Crippen LogP contribution is -2.37. The largest absolute Gasteiger partial charge is 0.493 e. The Morgan fingerprint density at radius 2 is 1.90 bits per heavy atom. The molecule has 1 aromatic carbocycles. The van der Waals surface area contributed by atoms with E-state index < -0.39 is 0 Å². The molecule has 170 valence electrons. The number of aliphatic imine (C=N–C) groups is 1. The fourth-order valence-electron chi connectivity index (χ4n) is 3.48. The Bertz CT molecular complexity index is 824. The number of nitrogens with one attached hydrogen (secondary N) is 2. The highest BCUT2D eigenvalue weighted by atomic mass is 127. The number of rotatable bonds is 9. The van der Waals surface area contributed by atoms with E-state index in [-0.39, 0.29) is 30.1 Å². The van der Waals surface area contributed by atoms with Crippen LogP contribution in [0.25, 0.3) is 0 Å². The maximum Gasteiger partial charge on any atom is 0.212 e. The molecule has 0 saturated heterocycles. The third kappa shape index (κ3) is 7.45. The minimum Gasteiger partial charge on any atom is -0.493 e. The summed E-state index contributed by atoms with van der Waals surface area (Å²) in [6.45, 7) is 3.93. The Kier molecular flexibility index (Phi) is 10.7. The Balaban J connectivity index is 0.00000341. The highest BCUT2D eigenvalue weighted by Gasteiger charge is 2.20. The van der Waals surface area contributed by atoms with Crippen LogP contribution in [0.4, 0.5) is 0 Å². The number of methoxy groups -OCH3 is 2. The fourth-order valence-corrected chi connectivity index (χ4v) is 3.48. The lowest BCUT2D eigenvalue weighted by Gasteiger charge is -2.20. The first-order valence-electron chi connectivity index (χ1n) is 10.6. The lowest BCUT2D eigenvalue weighted by molar-refractivity contribution is 0.198. The van der Waals surface area contributed by atoms with E-state index in [1.807, 2.05) is 31.2 Å². The maximum atomic E-state index is 6.33. The molecule has 8 heteroatoms. The SMILES string of the molecule is CCNC(=NCc1ccc(OC)nc1)NCc1cccc(OC)c1OC1CCCC1.I. The van der Waals surface area contributed by atoms with Crippen molar-refractivity contribution < 1.29 is 14.2 Å². The predicted octanol–water partition coefficient (Wildman–Crippen LogP) is 4.29. The maximum absolute atomic E-state index is 6.33. The van der Waals surface area contributed by atoms with Crippen LogP contribution in [-0.4, -0.2) is 37.8 Å². The topological polar surface area (TPSA) is 77.0 Å². The number of halogens is 1. The number of guanidine groups is 1. The number of pyridine rings is 1. The van der Waals surface area contributed by atoms with Crippen LogP contribution >= 0.6 is 24.0 Å². The van der Waals surface area contributed by atoms with Gasteiger partial charge in [-0.15, -0.1) is 24.0 Å². The summed E-state index contributed by atoms with van der Waals surface area (Å²) in [4.78, 5) is 8.90. The number of para-hydroxylation sites is 1. The molecule has 0 aliphatic heterocycles. The van der Waals surface area contributed by atoms with Gasteiger partial charge in [-0.2, -0.15) is 0 Å². The van der Waals surface area contributed by atoms with Gasteiger partial charge in [-0.1, -0.05) is 18.2 Å². The Hall–Kier alpha value is -2.23. The number of hydrogen-bond acceptors (Lipinski definition) is 5. The molecule has 0 spiro atoms. The van der Waals surface area contributed by atoms with E-state index in [2.05, 4.69) is 26.7 Å². The molecule has 0 atom stereocenters.